The molecule has 0 bridgehead atoms. The third kappa shape index (κ3) is 3.14. The van der Waals surface area contributed by atoms with E-state index in [1.165, 1.54) is 11.3 Å². The fourth-order valence-electron chi connectivity index (χ4n) is 3.69. The Labute approximate surface area is 192 Å². The first-order valence-electron chi connectivity index (χ1n) is 9.94. The van der Waals surface area contributed by atoms with Gasteiger partial charge >= 0.3 is 0 Å². The van der Waals surface area contributed by atoms with Gasteiger partial charge in [0, 0.05) is 16.1 Å². The topological polar surface area (TPSA) is 68.1 Å². The quantitative estimate of drug-likeness (QED) is 0.336. The lowest BCUT2D eigenvalue weighted by Gasteiger charge is -2.04. The predicted molar refractivity (Wildman–Crippen MR) is 128 cm³/mol. The fraction of sp³-hybridized carbons (Fsp3) is 0.0417. The number of ether oxygens (including phenoxy) is 1. The van der Waals surface area contributed by atoms with Gasteiger partial charge in [-0.25, -0.2) is 9.97 Å². The van der Waals surface area contributed by atoms with Crippen molar-refractivity contribution in [3.05, 3.63) is 77.8 Å². The Morgan fingerprint density at radius 1 is 0.906 bits per heavy atom. The molecule has 6 rings (SSSR count). The van der Waals surface area contributed by atoms with E-state index >= 15 is 0 Å². The van der Waals surface area contributed by atoms with Gasteiger partial charge in [-0.2, -0.15) is 9.61 Å². The van der Waals surface area contributed by atoms with Crippen LogP contribution in [0.3, 0.4) is 0 Å². The van der Waals surface area contributed by atoms with Crippen molar-refractivity contribution in [2.45, 2.75) is 0 Å². The number of halogens is 1. The number of aromatic amines is 1. The monoisotopic (exact) mass is 457 g/mol. The van der Waals surface area contributed by atoms with Crippen molar-refractivity contribution in [3.63, 3.8) is 0 Å². The molecule has 1 N–H and O–H groups in total. The zero-order chi connectivity index (χ0) is 21.7. The molecule has 3 aromatic heterocycles. The van der Waals surface area contributed by atoms with E-state index < -0.39 is 0 Å². The third-order valence-corrected chi connectivity index (χ3v) is 6.48. The summed E-state index contributed by atoms with van der Waals surface area (Å²) in [6.45, 7) is 0. The molecule has 0 aliphatic heterocycles. The van der Waals surface area contributed by atoms with Crippen LogP contribution < -0.4 is 4.74 Å². The number of rotatable bonds is 4. The van der Waals surface area contributed by atoms with E-state index in [4.69, 9.17) is 31.4 Å². The zero-order valence-corrected chi connectivity index (χ0v) is 18.5. The molecule has 8 heteroatoms. The molecule has 0 radical (unpaired) electrons. The number of hydrogen-bond acceptors (Lipinski definition) is 5. The summed E-state index contributed by atoms with van der Waals surface area (Å²) in [5, 5.41) is 6.44. The minimum Gasteiger partial charge on any atom is -0.497 e. The number of imidazole rings is 2. The number of hydrogen-bond donors (Lipinski definition) is 1. The van der Waals surface area contributed by atoms with Crippen molar-refractivity contribution in [1.82, 2.24) is 24.6 Å². The van der Waals surface area contributed by atoms with Crippen molar-refractivity contribution in [2.75, 3.05) is 7.11 Å². The van der Waals surface area contributed by atoms with Gasteiger partial charge in [0.2, 0.25) is 4.96 Å². The van der Waals surface area contributed by atoms with E-state index in [0.29, 0.717) is 5.02 Å². The Bertz CT molecular complexity index is 1530. The van der Waals surface area contributed by atoms with Crippen LogP contribution in [0.2, 0.25) is 5.02 Å². The van der Waals surface area contributed by atoms with Gasteiger partial charge in [-0.15, -0.1) is 0 Å². The molecule has 32 heavy (non-hydrogen) atoms. The summed E-state index contributed by atoms with van der Waals surface area (Å²) in [4.78, 5) is 14.0. The molecule has 0 aliphatic rings. The highest BCUT2D eigenvalue weighted by Crippen LogP contribution is 2.36. The summed E-state index contributed by atoms with van der Waals surface area (Å²) in [7, 11) is 1.66. The lowest BCUT2D eigenvalue weighted by molar-refractivity contribution is 0.415. The summed E-state index contributed by atoms with van der Waals surface area (Å²) in [5.74, 6) is 1.51. The molecule has 0 aliphatic carbocycles. The van der Waals surface area contributed by atoms with Gasteiger partial charge in [-0.1, -0.05) is 47.2 Å². The number of benzene rings is 3. The van der Waals surface area contributed by atoms with Crippen molar-refractivity contribution >= 4 is 38.9 Å². The minimum atomic E-state index is 0.694. The summed E-state index contributed by atoms with van der Waals surface area (Å²) < 4.78 is 7.18. The molecule has 3 aromatic carbocycles. The molecule has 0 spiro atoms. The molecular formula is C24H16ClN5OS. The maximum absolute atomic E-state index is 6.05. The van der Waals surface area contributed by atoms with Gasteiger partial charge in [0.1, 0.15) is 22.1 Å². The summed E-state index contributed by atoms with van der Waals surface area (Å²) in [6.07, 6.45) is 0. The lowest BCUT2D eigenvalue weighted by Crippen LogP contribution is -1.93. The standard InChI is InChI=1S/C24H16ClN5OS/c1-31-17-12-8-14(9-13-17)20-21(22-26-18-4-2-3-5-19(18)27-22)30-24(28-20)32-23(29-30)15-6-10-16(25)11-7-15/h2-13H,1H3,(H,26,27). The van der Waals surface area contributed by atoms with Crippen LogP contribution in [0.1, 0.15) is 0 Å². The first kappa shape index (κ1) is 19.0. The Morgan fingerprint density at radius 2 is 1.66 bits per heavy atom. The summed E-state index contributed by atoms with van der Waals surface area (Å²) in [6, 6.07) is 23.5. The van der Waals surface area contributed by atoms with Crippen molar-refractivity contribution in [2.24, 2.45) is 0 Å². The van der Waals surface area contributed by atoms with Crippen LogP contribution in [0.4, 0.5) is 0 Å². The molecule has 0 amide bonds. The van der Waals surface area contributed by atoms with Gasteiger partial charge in [-0.05, 0) is 48.5 Å². The second kappa shape index (κ2) is 7.47. The smallest absolute Gasteiger partial charge is 0.213 e. The molecule has 6 aromatic rings. The van der Waals surface area contributed by atoms with Gasteiger partial charge < -0.3 is 9.72 Å². The number of methoxy groups -OCH3 is 1. The largest absolute Gasteiger partial charge is 0.497 e. The Balaban J connectivity index is 1.58. The fourth-order valence-corrected chi connectivity index (χ4v) is 4.72. The predicted octanol–water partition coefficient (Wildman–Crippen LogP) is 6.33. The molecule has 156 valence electrons. The normalized spacial score (nSPS) is 11.4. The Kier molecular flexibility index (Phi) is 4.45. The highest BCUT2D eigenvalue weighted by molar-refractivity contribution is 7.19. The van der Waals surface area contributed by atoms with Crippen LogP contribution in [0, 0.1) is 0 Å². The van der Waals surface area contributed by atoms with Crippen LogP contribution in [0.5, 0.6) is 5.75 Å². The maximum Gasteiger partial charge on any atom is 0.213 e. The van der Waals surface area contributed by atoms with Gasteiger partial charge in [0.15, 0.2) is 5.82 Å². The zero-order valence-electron chi connectivity index (χ0n) is 16.9. The van der Waals surface area contributed by atoms with E-state index in [9.17, 15) is 0 Å². The van der Waals surface area contributed by atoms with E-state index in [-0.39, 0.29) is 0 Å². The van der Waals surface area contributed by atoms with Crippen LogP contribution in [0.25, 0.3) is 49.3 Å². The number of para-hydroxylation sites is 2. The Morgan fingerprint density at radius 3 is 2.41 bits per heavy atom. The number of fused-ring (bicyclic) bond motifs is 2. The maximum atomic E-state index is 6.05. The lowest BCUT2D eigenvalue weighted by atomic mass is 10.1. The molecule has 0 atom stereocenters. The SMILES string of the molecule is COc1ccc(-c2nc3sc(-c4ccc(Cl)cc4)nn3c2-c2nc3ccccc3[nH]2)cc1. The number of nitrogens with one attached hydrogen (secondary N) is 1. The second-order valence-electron chi connectivity index (χ2n) is 7.25. The van der Waals surface area contributed by atoms with Crippen LogP contribution in [-0.2, 0) is 0 Å². The van der Waals surface area contributed by atoms with E-state index in [2.05, 4.69) is 4.98 Å². The summed E-state index contributed by atoms with van der Waals surface area (Å²) >= 11 is 7.58. The molecule has 6 nitrogen and oxygen atoms in total. The van der Waals surface area contributed by atoms with Crippen molar-refractivity contribution in [1.29, 1.82) is 0 Å². The molecule has 0 fully saturated rings. The van der Waals surface area contributed by atoms with E-state index in [1.54, 1.807) is 7.11 Å². The molecular weight excluding hydrogens is 442 g/mol. The molecule has 0 unspecified atom stereocenters. The highest BCUT2D eigenvalue weighted by Gasteiger charge is 2.22. The van der Waals surface area contributed by atoms with Crippen LogP contribution in [0.15, 0.2) is 72.8 Å². The van der Waals surface area contributed by atoms with Gasteiger partial charge in [0.05, 0.1) is 18.1 Å². The number of nitrogens with zero attached hydrogens (tertiary/aromatic N) is 4. The highest BCUT2D eigenvalue weighted by atomic mass is 35.5. The van der Waals surface area contributed by atoms with E-state index in [0.717, 1.165) is 55.1 Å². The number of aromatic nitrogens is 5. The summed E-state index contributed by atoms with van der Waals surface area (Å²) in [5.41, 5.74) is 5.45. The van der Waals surface area contributed by atoms with Crippen LogP contribution >= 0.6 is 22.9 Å². The molecule has 3 heterocycles. The van der Waals surface area contributed by atoms with Crippen LogP contribution in [-0.4, -0.2) is 31.7 Å². The van der Waals surface area contributed by atoms with Crippen molar-refractivity contribution < 1.29 is 4.74 Å². The molecule has 0 saturated carbocycles. The first-order valence-corrected chi connectivity index (χ1v) is 11.1. The minimum absolute atomic E-state index is 0.694. The number of H-pyrrole nitrogens is 1. The van der Waals surface area contributed by atoms with Gasteiger partial charge in [-0.3, -0.25) is 0 Å². The third-order valence-electron chi connectivity index (χ3n) is 5.27. The first-order chi connectivity index (χ1) is 15.7. The molecule has 0 saturated heterocycles. The van der Waals surface area contributed by atoms with E-state index in [1.807, 2.05) is 77.3 Å². The van der Waals surface area contributed by atoms with Crippen molar-refractivity contribution in [3.8, 4) is 39.1 Å². The average Bonchev–Trinajstić information content (AvgIpc) is 3.51. The Hall–Kier alpha value is -3.68. The average molecular weight is 458 g/mol. The second-order valence-corrected chi connectivity index (χ2v) is 8.64. The van der Waals surface area contributed by atoms with Gasteiger partial charge in [0.25, 0.3) is 0 Å².